The van der Waals surface area contributed by atoms with Crippen LogP contribution in [0.5, 0.6) is 0 Å². The number of nitrogens with zero attached hydrogens (tertiary/aromatic N) is 3. The van der Waals surface area contributed by atoms with Gasteiger partial charge in [-0.1, -0.05) is 30.3 Å². The molecule has 0 spiro atoms. The Morgan fingerprint density at radius 3 is 2.45 bits per heavy atom. The zero-order valence-corrected chi connectivity index (χ0v) is 18.4. The summed E-state index contributed by atoms with van der Waals surface area (Å²) in [5, 5.41) is 6.77. The molecule has 4 N–H and O–H groups in total. The number of fused-ring (bicyclic) bond motifs is 1. The van der Waals surface area contributed by atoms with Crippen molar-refractivity contribution >= 4 is 22.9 Å². The topological polar surface area (TPSA) is 115 Å². The minimum Gasteiger partial charge on any atom is -0.353 e. The molecule has 0 saturated carbocycles. The van der Waals surface area contributed by atoms with Crippen LogP contribution in [0.3, 0.4) is 0 Å². The number of pyridine rings is 1. The summed E-state index contributed by atoms with van der Waals surface area (Å²) in [5.74, 6) is 0.258. The molecule has 1 amide bonds. The van der Waals surface area contributed by atoms with Crippen LogP contribution in [-0.2, 0) is 6.42 Å². The van der Waals surface area contributed by atoms with Gasteiger partial charge in [0.05, 0.1) is 11.4 Å². The van der Waals surface area contributed by atoms with E-state index in [1.807, 2.05) is 37.3 Å². The van der Waals surface area contributed by atoms with Crippen molar-refractivity contribution in [2.24, 2.45) is 5.73 Å². The largest absolute Gasteiger partial charge is 0.353 e. The third-order valence-corrected chi connectivity index (χ3v) is 5.30. The van der Waals surface area contributed by atoms with Crippen LogP contribution in [0.15, 0.2) is 71.5 Å². The average Bonchev–Trinajstić information content (AvgIpc) is 2.83. The number of carbonyl (C=O) groups excluding carboxylic acids is 1. The first-order valence-electron chi connectivity index (χ1n) is 10.8. The molecule has 0 radical (unpaired) electrons. The molecule has 2 aromatic heterocycles. The third-order valence-electron chi connectivity index (χ3n) is 5.30. The zero-order chi connectivity index (χ0) is 23.2. The van der Waals surface area contributed by atoms with Gasteiger partial charge in [0, 0.05) is 36.7 Å². The highest BCUT2D eigenvalue weighted by atomic mass is 16.1. The summed E-state index contributed by atoms with van der Waals surface area (Å²) in [6, 6.07) is 20.1. The minimum absolute atomic E-state index is 0.158. The summed E-state index contributed by atoms with van der Waals surface area (Å²) in [6.45, 7) is 3.38. The van der Waals surface area contributed by atoms with Crippen LogP contribution in [0.1, 0.15) is 21.6 Å². The molecule has 2 heterocycles. The number of nitrogens with two attached hydrogens (primary N) is 1. The van der Waals surface area contributed by atoms with Gasteiger partial charge in [-0.3, -0.25) is 14.2 Å². The Kier molecular flexibility index (Phi) is 6.75. The molecule has 0 unspecified atom stereocenters. The lowest BCUT2D eigenvalue weighted by atomic mass is 10.1. The van der Waals surface area contributed by atoms with E-state index in [0.29, 0.717) is 42.5 Å². The van der Waals surface area contributed by atoms with Crippen LogP contribution in [0, 0.1) is 6.92 Å². The summed E-state index contributed by atoms with van der Waals surface area (Å²) >= 11 is 0. The molecular weight excluding hydrogens is 416 g/mol. The molecule has 4 aromatic rings. The lowest BCUT2D eigenvalue weighted by Crippen LogP contribution is -2.25. The molecule has 0 bridgehead atoms. The van der Waals surface area contributed by atoms with E-state index in [1.165, 1.54) is 16.2 Å². The van der Waals surface area contributed by atoms with Crippen LogP contribution in [0.25, 0.3) is 16.7 Å². The second kappa shape index (κ2) is 10.1. The van der Waals surface area contributed by atoms with Crippen molar-refractivity contribution in [3.05, 3.63) is 93.9 Å². The van der Waals surface area contributed by atoms with Gasteiger partial charge in [0.1, 0.15) is 0 Å². The summed E-state index contributed by atoms with van der Waals surface area (Å²) in [4.78, 5) is 34.3. The predicted molar refractivity (Wildman–Crippen MR) is 130 cm³/mol. The second-order valence-electron chi connectivity index (χ2n) is 7.63. The van der Waals surface area contributed by atoms with Gasteiger partial charge in [0.25, 0.3) is 11.5 Å². The van der Waals surface area contributed by atoms with Crippen LogP contribution in [0.4, 0.5) is 5.95 Å². The third kappa shape index (κ3) is 5.07. The molecule has 0 aliphatic heterocycles. The Balaban J connectivity index is 1.57. The summed E-state index contributed by atoms with van der Waals surface area (Å²) in [7, 11) is 0. The van der Waals surface area contributed by atoms with Gasteiger partial charge in [-0.2, -0.15) is 4.98 Å². The number of benzene rings is 2. The van der Waals surface area contributed by atoms with E-state index in [4.69, 9.17) is 5.73 Å². The molecule has 0 aliphatic carbocycles. The van der Waals surface area contributed by atoms with E-state index >= 15 is 0 Å². The maximum Gasteiger partial charge on any atom is 0.256 e. The molecule has 2 aromatic carbocycles. The van der Waals surface area contributed by atoms with Gasteiger partial charge in [-0.25, -0.2) is 4.98 Å². The van der Waals surface area contributed by atoms with Crippen LogP contribution < -0.4 is 21.9 Å². The lowest BCUT2D eigenvalue weighted by Gasteiger charge is -2.13. The molecule has 8 nitrogen and oxygen atoms in total. The number of hydrogen-bond acceptors (Lipinski definition) is 6. The minimum atomic E-state index is -0.217. The Morgan fingerprint density at radius 1 is 0.970 bits per heavy atom. The normalized spacial score (nSPS) is 10.8. The molecule has 168 valence electrons. The molecule has 0 aliphatic rings. The van der Waals surface area contributed by atoms with Crippen molar-refractivity contribution in [3.63, 3.8) is 0 Å². The van der Waals surface area contributed by atoms with Crippen molar-refractivity contribution in [1.82, 2.24) is 19.9 Å². The first-order chi connectivity index (χ1) is 16.1. The second-order valence-corrected chi connectivity index (χ2v) is 7.63. The Labute approximate surface area is 191 Å². The van der Waals surface area contributed by atoms with E-state index in [-0.39, 0.29) is 11.5 Å². The summed E-state index contributed by atoms with van der Waals surface area (Å²) in [5.41, 5.74) is 8.91. The number of hydrogen-bond donors (Lipinski definition) is 3. The highest BCUT2D eigenvalue weighted by Gasteiger charge is 2.12. The monoisotopic (exact) mass is 442 g/mol. The number of carbonyl (C=O) groups is 1. The van der Waals surface area contributed by atoms with E-state index in [2.05, 4.69) is 20.6 Å². The fourth-order valence-corrected chi connectivity index (χ4v) is 3.61. The van der Waals surface area contributed by atoms with Crippen LogP contribution in [-0.4, -0.2) is 40.1 Å². The van der Waals surface area contributed by atoms with Gasteiger partial charge >= 0.3 is 0 Å². The number of aryl methyl sites for hydroxylation is 1. The zero-order valence-electron chi connectivity index (χ0n) is 18.4. The fraction of sp³-hybridized carbons (Fsp3) is 0.200. The van der Waals surface area contributed by atoms with Crippen molar-refractivity contribution in [3.8, 4) is 5.69 Å². The predicted octanol–water partition coefficient (Wildman–Crippen LogP) is 2.43. The number of nitrogens with one attached hydrogen (secondary N) is 2. The lowest BCUT2D eigenvalue weighted by molar-refractivity contribution is 0.0954. The van der Waals surface area contributed by atoms with Crippen LogP contribution >= 0.6 is 0 Å². The average molecular weight is 443 g/mol. The van der Waals surface area contributed by atoms with E-state index in [9.17, 15) is 9.59 Å². The highest BCUT2D eigenvalue weighted by molar-refractivity contribution is 5.94. The number of anilines is 1. The van der Waals surface area contributed by atoms with Crippen molar-refractivity contribution < 1.29 is 4.79 Å². The first kappa shape index (κ1) is 22.2. The van der Waals surface area contributed by atoms with E-state index in [0.717, 1.165) is 17.5 Å². The van der Waals surface area contributed by atoms with Gasteiger partial charge in [-0.05, 0) is 49.2 Å². The molecular formula is C25H26N6O2. The molecule has 0 atom stereocenters. The van der Waals surface area contributed by atoms with Crippen LogP contribution in [0.2, 0.25) is 0 Å². The SMILES string of the molecule is Cc1nc(NCCN)nc2c1ccc(=O)n2-c1ccc(C(=O)NCCc2ccccc2)cc1. The standard InChI is InChI=1S/C25H26N6O2/c1-17-21-11-12-22(32)31(23(21)30-25(29-17)28-16-14-26)20-9-7-19(8-10-20)24(33)27-15-13-18-5-3-2-4-6-18/h2-12H,13-16,26H2,1H3,(H,27,33)(H,28,29,30). The van der Waals surface area contributed by atoms with E-state index < -0.39 is 0 Å². The van der Waals surface area contributed by atoms with Gasteiger partial charge in [0.15, 0.2) is 5.65 Å². The quantitative estimate of drug-likeness (QED) is 0.386. The highest BCUT2D eigenvalue weighted by Crippen LogP contribution is 2.19. The number of aromatic nitrogens is 3. The molecule has 8 heteroatoms. The van der Waals surface area contributed by atoms with Gasteiger partial charge in [-0.15, -0.1) is 0 Å². The smallest absolute Gasteiger partial charge is 0.256 e. The number of rotatable bonds is 8. The van der Waals surface area contributed by atoms with Crippen molar-refractivity contribution in [2.75, 3.05) is 25.0 Å². The number of amides is 1. The molecule has 33 heavy (non-hydrogen) atoms. The Hall–Kier alpha value is -4.04. The summed E-state index contributed by atoms with van der Waals surface area (Å²) < 4.78 is 1.52. The Morgan fingerprint density at radius 2 is 1.73 bits per heavy atom. The Bertz CT molecular complexity index is 1320. The maximum absolute atomic E-state index is 12.7. The summed E-state index contributed by atoms with van der Waals surface area (Å²) in [6.07, 6.45) is 0.760. The van der Waals surface area contributed by atoms with Crippen molar-refractivity contribution in [1.29, 1.82) is 0 Å². The van der Waals surface area contributed by atoms with Gasteiger partial charge < -0.3 is 16.4 Å². The fourth-order valence-electron chi connectivity index (χ4n) is 3.61. The van der Waals surface area contributed by atoms with Crippen molar-refractivity contribution in [2.45, 2.75) is 13.3 Å². The first-order valence-corrected chi connectivity index (χ1v) is 10.8. The molecule has 4 rings (SSSR count). The van der Waals surface area contributed by atoms with Gasteiger partial charge in [0.2, 0.25) is 5.95 Å². The molecule has 0 saturated heterocycles. The maximum atomic E-state index is 12.7. The van der Waals surface area contributed by atoms with E-state index in [1.54, 1.807) is 30.3 Å². The molecule has 0 fully saturated rings.